The zero-order valence-electron chi connectivity index (χ0n) is 12.3. The maximum Gasteiger partial charge on any atom is 0.237 e. The molecule has 0 spiro atoms. The summed E-state index contributed by atoms with van der Waals surface area (Å²) in [6.45, 7) is 5.43. The molecular formula is C15H21BrN2O2S. The lowest BCUT2D eigenvalue weighted by Gasteiger charge is -2.31. The molecule has 0 bridgehead atoms. The van der Waals surface area contributed by atoms with Crippen molar-refractivity contribution in [1.29, 1.82) is 0 Å². The van der Waals surface area contributed by atoms with Gasteiger partial charge in [0.15, 0.2) is 0 Å². The number of thiophene rings is 1. The van der Waals surface area contributed by atoms with Crippen molar-refractivity contribution in [2.45, 2.75) is 26.3 Å². The van der Waals surface area contributed by atoms with E-state index in [1.54, 1.807) is 11.3 Å². The summed E-state index contributed by atoms with van der Waals surface area (Å²) in [6, 6.07) is 4.06. The number of amides is 1. The molecule has 1 amide bonds. The normalized spacial score (nSPS) is 19.4. The Morgan fingerprint density at radius 3 is 3.00 bits per heavy atom. The van der Waals surface area contributed by atoms with Crippen molar-refractivity contribution in [2.75, 3.05) is 26.2 Å². The van der Waals surface area contributed by atoms with Crippen LogP contribution in [0, 0.1) is 5.92 Å². The van der Waals surface area contributed by atoms with E-state index in [1.807, 2.05) is 24.0 Å². The van der Waals surface area contributed by atoms with Crippen LogP contribution in [-0.2, 0) is 16.1 Å². The highest BCUT2D eigenvalue weighted by Crippen LogP contribution is 2.23. The SMILES string of the molecule is CCN(Cc1ccc(Br)s1)C(=O)CN1CCCC(C=O)C1. The van der Waals surface area contributed by atoms with Gasteiger partial charge in [-0.05, 0) is 54.4 Å². The number of rotatable bonds is 6. The topological polar surface area (TPSA) is 40.6 Å². The van der Waals surface area contributed by atoms with Crippen LogP contribution in [0.4, 0.5) is 0 Å². The summed E-state index contributed by atoms with van der Waals surface area (Å²) in [7, 11) is 0. The molecule has 4 nitrogen and oxygen atoms in total. The average Bonchev–Trinajstić information content (AvgIpc) is 2.90. The van der Waals surface area contributed by atoms with Crippen molar-refractivity contribution in [3.8, 4) is 0 Å². The van der Waals surface area contributed by atoms with E-state index in [0.29, 0.717) is 19.6 Å². The van der Waals surface area contributed by atoms with Crippen LogP contribution in [0.5, 0.6) is 0 Å². The molecule has 1 atom stereocenters. The van der Waals surface area contributed by atoms with Gasteiger partial charge in [-0.3, -0.25) is 9.69 Å². The molecule has 2 heterocycles. The van der Waals surface area contributed by atoms with Gasteiger partial charge in [0.05, 0.1) is 16.9 Å². The summed E-state index contributed by atoms with van der Waals surface area (Å²) < 4.78 is 1.09. The fourth-order valence-electron chi connectivity index (χ4n) is 2.64. The van der Waals surface area contributed by atoms with E-state index in [-0.39, 0.29) is 11.8 Å². The van der Waals surface area contributed by atoms with Gasteiger partial charge >= 0.3 is 0 Å². The van der Waals surface area contributed by atoms with E-state index in [1.165, 1.54) is 4.88 Å². The Balaban J connectivity index is 1.89. The highest BCUT2D eigenvalue weighted by Gasteiger charge is 2.23. The van der Waals surface area contributed by atoms with Crippen LogP contribution < -0.4 is 0 Å². The van der Waals surface area contributed by atoms with Gasteiger partial charge < -0.3 is 9.69 Å². The Hall–Kier alpha value is -0.720. The van der Waals surface area contributed by atoms with Gasteiger partial charge in [-0.15, -0.1) is 11.3 Å². The molecule has 1 fully saturated rings. The van der Waals surface area contributed by atoms with Crippen LogP contribution in [0.1, 0.15) is 24.6 Å². The predicted octanol–water partition coefficient (Wildman–Crippen LogP) is 2.77. The molecule has 0 aromatic carbocycles. The molecule has 0 saturated carbocycles. The van der Waals surface area contributed by atoms with Crippen molar-refractivity contribution in [1.82, 2.24) is 9.80 Å². The third kappa shape index (κ3) is 4.90. The number of hydrogen-bond donors (Lipinski definition) is 0. The maximum atomic E-state index is 12.4. The van der Waals surface area contributed by atoms with E-state index in [4.69, 9.17) is 0 Å². The van der Waals surface area contributed by atoms with Crippen LogP contribution in [0.2, 0.25) is 0 Å². The zero-order chi connectivity index (χ0) is 15.2. The van der Waals surface area contributed by atoms with Crippen LogP contribution in [0.3, 0.4) is 0 Å². The van der Waals surface area contributed by atoms with Crippen LogP contribution >= 0.6 is 27.3 Å². The first-order valence-corrected chi connectivity index (χ1v) is 8.93. The summed E-state index contributed by atoms with van der Waals surface area (Å²) in [4.78, 5) is 28.5. The summed E-state index contributed by atoms with van der Waals surface area (Å²) >= 11 is 5.11. The lowest BCUT2D eigenvalue weighted by molar-refractivity contribution is -0.133. The number of likely N-dealkylation sites (N-methyl/N-ethyl adjacent to an activating group) is 1. The number of hydrogen-bond acceptors (Lipinski definition) is 4. The molecule has 2 rings (SSSR count). The third-order valence-electron chi connectivity index (χ3n) is 3.80. The molecule has 116 valence electrons. The zero-order valence-corrected chi connectivity index (χ0v) is 14.7. The summed E-state index contributed by atoms with van der Waals surface area (Å²) in [5, 5.41) is 0. The molecule has 1 aromatic heterocycles. The highest BCUT2D eigenvalue weighted by atomic mass is 79.9. The van der Waals surface area contributed by atoms with E-state index in [2.05, 4.69) is 20.8 Å². The van der Waals surface area contributed by atoms with Gasteiger partial charge in [-0.25, -0.2) is 0 Å². The molecule has 1 aliphatic rings. The molecule has 1 saturated heterocycles. The molecular weight excluding hydrogens is 352 g/mol. The fraction of sp³-hybridized carbons (Fsp3) is 0.600. The van der Waals surface area contributed by atoms with Crippen molar-refractivity contribution < 1.29 is 9.59 Å². The summed E-state index contributed by atoms with van der Waals surface area (Å²) in [6.07, 6.45) is 2.98. The highest BCUT2D eigenvalue weighted by molar-refractivity contribution is 9.11. The first-order valence-electron chi connectivity index (χ1n) is 7.32. The Labute approximate surface area is 138 Å². The van der Waals surface area contributed by atoms with Gasteiger partial charge in [0.1, 0.15) is 6.29 Å². The number of piperidine rings is 1. The standard InChI is InChI=1S/C15H21BrN2O2S/c1-2-18(9-13-5-6-14(16)21-13)15(20)10-17-7-3-4-12(8-17)11-19/h5-6,11-12H,2-4,7-10H2,1H3. The first kappa shape index (κ1) is 16.6. The minimum absolute atomic E-state index is 0.0925. The minimum Gasteiger partial charge on any atom is -0.337 e. The smallest absolute Gasteiger partial charge is 0.237 e. The maximum absolute atomic E-state index is 12.4. The largest absolute Gasteiger partial charge is 0.337 e. The van der Waals surface area contributed by atoms with Gasteiger partial charge in [0.25, 0.3) is 0 Å². The molecule has 1 unspecified atom stereocenters. The van der Waals surface area contributed by atoms with Crippen molar-refractivity contribution in [3.63, 3.8) is 0 Å². The van der Waals surface area contributed by atoms with Crippen LogP contribution in [0.25, 0.3) is 0 Å². The molecule has 0 N–H and O–H groups in total. The van der Waals surface area contributed by atoms with Crippen molar-refractivity contribution in [2.24, 2.45) is 5.92 Å². The molecule has 21 heavy (non-hydrogen) atoms. The second kappa shape index (κ2) is 8.06. The molecule has 6 heteroatoms. The molecule has 0 aliphatic carbocycles. The Bertz CT molecular complexity index is 492. The number of carbonyl (C=O) groups excluding carboxylic acids is 2. The molecule has 0 radical (unpaired) electrons. The van der Waals surface area contributed by atoms with E-state index >= 15 is 0 Å². The molecule has 1 aliphatic heterocycles. The molecule has 1 aromatic rings. The van der Waals surface area contributed by atoms with E-state index in [9.17, 15) is 9.59 Å². The summed E-state index contributed by atoms with van der Waals surface area (Å²) in [5.74, 6) is 0.239. The fourth-order valence-corrected chi connectivity index (χ4v) is 4.14. The third-order valence-corrected chi connectivity index (χ3v) is 5.41. The predicted molar refractivity (Wildman–Crippen MR) is 88.3 cm³/mol. The number of halogens is 1. The Kier molecular flexibility index (Phi) is 6.39. The Morgan fingerprint density at radius 1 is 1.57 bits per heavy atom. The number of nitrogens with zero attached hydrogens (tertiary/aromatic N) is 2. The average molecular weight is 373 g/mol. The number of aldehydes is 1. The number of carbonyl (C=O) groups is 2. The van der Waals surface area contributed by atoms with Gasteiger partial charge in [0, 0.05) is 23.9 Å². The lowest BCUT2D eigenvalue weighted by Crippen LogP contribution is -2.44. The second-order valence-electron chi connectivity index (χ2n) is 5.39. The first-order chi connectivity index (χ1) is 10.1. The lowest BCUT2D eigenvalue weighted by atomic mass is 10.00. The van der Waals surface area contributed by atoms with Gasteiger partial charge in [-0.2, -0.15) is 0 Å². The van der Waals surface area contributed by atoms with E-state index < -0.39 is 0 Å². The van der Waals surface area contributed by atoms with E-state index in [0.717, 1.165) is 36.0 Å². The Morgan fingerprint density at radius 2 is 2.38 bits per heavy atom. The van der Waals surface area contributed by atoms with Crippen molar-refractivity contribution >= 4 is 39.5 Å². The van der Waals surface area contributed by atoms with Gasteiger partial charge in [0.2, 0.25) is 5.91 Å². The number of likely N-dealkylation sites (tertiary alicyclic amines) is 1. The quantitative estimate of drug-likeness (QED) is 0.720. The van der Waals surface area contributed by atoms with Gasteiger partial charge in [-0.1, -0.05) is 0 Å². The van der Waals surface area contributed by atoms with Crippen molar-refractivity contribution in [3.05, 3.63) is 20.8 Å². The second-order valence-corrected chi connectivity index (χ2v) is 7.93. The van der Waals surface area contributed by atoms with Crippen LogP contribution in [0.15, 0.2) is 15.9 Å². The monoisotopic (exact) mass is 372 g/mol. The van der Waals surface area contributed by atoms with Crippen LogP contribution in [-0.4, -0.2) is 48.2 Å². The summed E-state index contributed by atoms with van der Waals surface area (Å²) in [5.41, 5.74) is 0. The minimum atomic E-state index is 0.0925.